The van der Waals surface area contributed by atoms with E-state index in [9.17, 15) is 4.79 Å². The van der Waals surface area contributed by atoms with Crippen molar-refractivity contribution in [2.45, 2.75) is 20.5 Å². The van der Waals surface area contributed by atoms with Gasteiger partial charge in [-0.2, -0.15) is 0 Å². The molecule has 5 nitrogen and oxygen atoms in total. The largest absolute Gasteiger partial charge is 0.485 e. The number of aryl methyl sites for hydroxylation is 1. The number of rotatable bonds is 5. The fourth-order valence-corrected chi connectivity index (χ4v) is 2.36. The average molecular weight is 310 g/mol. The van der Waals surface area contributed by atoms with E-state index >= 15 is 0 Å². The minimum Gasteiger partial charge on any atom is -0.485 e. The molecule has 0 amide bonds. The van der Waals surface area contributed by atoms with Gasteiger partial charge in [-0.05, 0) is 19.4 Å². The third kappa shape index (κ3) is 3.34. The van der Waals surface area contributed by atoms with Gasteiger partial charge in [0.25, 0.3) is 0 Å². The zero-order valence-electron chi connectivity index (χ0n) is 13.2. The van der Waals surface area contributed by atoms with Crippen LogP contribution in [-0.2, 0) is 11.3 Å². The first kappa shape index (κ1) is 15.1. The summed E-state index contributed by atoms with van der Waals surface area (Å²) < 4.78 is 12.8. The molecule has 0 saturated heterocycles. The molecule has 5 heteroatoms. The third-order valence-electron chi connectivity index (χ3n) is 3.39. The van der Waals surface area contributed by atoms with E-state index in [1.165, 1.54) is 0 Å². The molecule has 0 bridgehead atoms. The van der Waals surface area contributed by atoms with Crippen molar-refractivity contribution in [2.24, 2.45) is 0 Å². The lowest BCUT2D eigenvalue weighted by molar-refractivity contribution is 0.0525. The van der Waals surface area contributed by atoms with Crippen molar-refractivity contribution < 1.29 is 14.3 Å². The smallest absolute Gasteiger partial charge is 0.339 e. The van der Waals surface area contributed by atoms with Crippen LogP contribution in [0.1, 0.15) is 28.5 Å². The molecule has 2 heterocycles. The number of carbonyl (C=O) groups is 1. The summed E-state index contributed by atoms with van der Waals surface area (Å²) in [6.45, 7) is 4.43. The number of imidazole rings is 1. The van der Waals surface area contributed by atoms with E-state index in [0.29, 0.717) is 30.2 Å². The van der Waals surface area contributed by atoms with E-state index < -0.39 is 0 Å². The third-order valence-corrected chi connectivity index (χ3v) is 3.39. The SMILES string of the molecule is CCOC(=O)c1cc(OCc2ccccc2)c2nc(C)cn2c1. The van der Waals surface area contributed by atoms with Crippen LogP contribution >= 0.6 is 0 Å². The van der Waals surface area contributed by atoms with E-state index in [0.717, 1.165) is 11.3 Å². The average Bonchev–Trinajstić information content (AvgIpc) is 2.94. The van der Waals surface area contributed by atoms with Gasteiger partial charge in [0.1, 0.15) is 6.61 Å². The van der Waals surface area contributed by atoms with Crippen LogP contribution in [0.15, 0.2) is 48.8 Å². The summed E-state index contributed by atoms with van der Waals surface area (Å²) in [4.78, 5) is 16.5. The number of fused-ring (bicyclic) bond motifs is 1. The molecule has 0 aliphatic carbocycles. The van der Waals surface area contributed by atoms with Crippen LogP contribution in [0.2, 0.25) is 0 Å². The Morgan fingerprint density at radius 3 is 2.74 bits per heavy atom. The molecule has 0 aliphatic heterocycles. The summed E-state index contributed by atoms with van der Waals surface area (Å²) in [5, 5.41) is 0. The van der Waals surface area contributed by atoms with Crippen LogP contribution in [0.4, 0.5) is 0 Å². The van der Waals surface area contributed by atoms with E-state index in [-0.39, 0.29) is 5.97 Å². The van der Waals surface area contributed by atoms with Crippen LogP contribution in [0.25, 0.3) is 5.65 Å². The molecular weight excluding hydrogens is 292 g/mol. The summed E-state index contributed by atoms with van der Waals surface area (Å²) in [5.74, 6) is 0.192. The molecule has 0 N–H and O–H groups in total. The van der Waals surface area contributed by atoms with Crippen LogP contribution < -0.4 is 4.74 Å². The molecule has 23 heavy (non-hydrogen) atoms. The Morgan fingerprint density at radius 2 is 2.00 bits per heavy atom. The number of benzene rings is 1. The predicted molar refractivity (Wildman–Crippen MR) is 86.7 cm³/mol. The fraction of sp³-hybridized carbons (Fsp3) is 0.222. The standard InChI is InChI=1S/C18H18N2O3/c1-3-22-18(21)15-9-16(17-19-13(2)10-20(17)11-15)23-12-14-7-5-4-6-8-14/h4-11H,3,12H2,1-2H3. The zero-order chi connectivity index (χ0) is 16.2. The highest BCUT2D eigenvalue weighted by Crippen LogP contribution is 2.23. The lowest BCUT2D eigenvalue weighted by Gasteiger charge is -2.10. The molecule has 0 spiro atoms. The minimum atomic E-state index is -0.370. The number of hydrogen-bond acceptors (Lipinski definition) is 4. The lowest BCUT2D eigenvalue weighted by Crippen LogP contribution is -2.07. The highest BCUT2D eigenvalue weighted by Gasteiger charge is 2.14. The van der Waals surface area contributed by atoms with Gasteiger partial charge in [-0.3, -0.25) is 0 Å². The second-order valence-electron chi connectivity index (χ2n) is 5.20. The first-order chi connectivity index (χ1) is 11.2. The van der Waals surface area contributed by atoms with Crippen molar-refractivity contribution >= 4 is 11.6 Å². The normalized spacial score (nSPS) is 10.7. The van der Waals surface area contributed by atoms with Gasteiger partial charge in [0.15, 0.2) is 11.4 Å². The van der Waals surface area contributed by atoms with Crippen LogP contribution in [0.5, 0.6) is 5.75 Å². The maximum atomic E-state index is 12.0. The summed E-state index contributed by atoms with van der Waals surface area (Å²) in [7, 11) is 0. The molecule has 3 rings (SSSR count). The second-order valence-corrected chi connectivity index (χ2v) is 5.20. The lowest BCUT2D eigenvalue weighted by atomic mass is 10.2. The van der Waals surface area contributed by atoms with Gasteiger partial charge >= 0.3 is 5.97 Å². The molecule has 0 aliphatic rings. The maximum absolute atomic E-state index is 12.0. The number of nitrogens with zero attached hydrogens (tertiary/aromatic N) is 2. The highest BCUT2D eigenvalue weighted by molar-refractivity contribution is 5.90. The molecule has 0 saturated carbocycles. The molecule has 1 aromatic carbocycles. The van der Waals surface area contributed by atoms with E-state index in [2.05, 4.69) is 4.98 Å². The first-order valence-electron chi connectivity index (χ1n) is 7.50. The summed E-state index contributed by atoms with van der Waals surface area (Å²) in [6.07, 6.45) is 3.57. The van der Waals surface area contributed by atoms with Crippen molar-refractivity contribution in [2.75, 3.05) is 6.61 Å². The highest BCUT2D eigenvalue weighted by atomic mass is 16.5. The van der Waals surface area contributed by atoms with Crippen LogP contribution in [0, 0.1) is 6.92 Å². The van der Waals surface area contributed by atoms with Crippen molar-refractivity contribution in [1.29, 1.82) is 0 Å². The molecule has 0 fully saturated rings. The quantitative estimate of drug-likeness (QED) is 0.678. The Bertz CT molecular complexity index is 825. The molecule has 0 radical (unpaired) electrons. The van der Waals surface area contributed by atoms with Gasteiger partial charge in [-0.25, -0.2) is 9.78 Å². The Hall–Kier alpha value is -2.82. The maximum Gasteiger partial charge on any atom is 0.339 e. The number of aromatic nitrogens is 2. The van der Waals surface area contributed by atoms with Crippen LogP contribution in [-0.4, -0.2) is 22.0 Å². The first-order valence-corrected chi connectivity index (χ1v) is 7.50. The van der Waals surface area contributed by atoms with E-state index in [1.54, 1.807) is 23.6 Å². The number of carbonyl (C=O) groups excluding carboxylic acids is 1. The van der Waals surface area contributed by atoms with Gasteiger partial charge in [0.2, 0.25) is 0 Å². The Labute approximate surface area is 134 Å². The Balaban J connectivity index is 1.94. The van der Waals surface area contributed by atoms with Gasteiger partial charge in [0.05, 0.1) is 17.9 Å². The predicted octanol–water partition coefficient (Wildman–Crippen LogP) is 3.40. The van der Waals surface area contributed by atoms with Gasteiger partial charge in [-0.15, -0.1) is 0 Å². The number of ether oxygens (including phenoxy) is 2. The van der Waals surface area contributed by atoms with Crippen molar-refractivity contribution in [3.05, 3.63) is 65.6 Å². The number of pyridine rings is 1. The number of hydrogen-bond donors (Lipinski definition) is 0. The van der Waals surface area contributed by atoms with Gasteiger partial charge < -0.3 is 13.9 Å². The minimum absolute atomic E-state index is 0.333. The molecule has 0 atom stereocenters. The van der Waals surface area contributed by atoms with Crippen molar-refractivity contribution in [3.8, 4) is 5.75 Å². The monoisotopic (exact) mass is 310 g/mol. The summed E-state index contributed by atoms with van der Waals surface area (Å²) in [5.41, 5.74) is 3.04. The molecule has 118 valence electrons. The topological polar surface area (TPSA) is 52.8 Å². The Kier molecular flexibility index (Phi) is 4.28. The molecule has 2 aromatic heterocycles. The van der Waals surface area contributed by atoms with Gasteiger partial charge in [-0.1, -0.05) is 30.3 Å². The zero-order valence-corrected chi connectivity index (χ0v) is 13.2. The molecular formula is C18H18N2O3. The van der Waals surface area contributed by atoms with Crippen molar-refractivity contribution in [3.63, 3.8) is 0 Å². The summed E-state index contributed by atoms with van der Waals surface area (Å²) in [6, 6.07) is 11.5. The number of esters is 1. The van der Waals surface area contributed by atoms with Crippen LogP contribution in [0.3, 0.4) is 0 Å². The Morgan fingerprint density at radius 1 is 1.22 bits per heavy atom. The fourth-order valence-electron chi connectivity index (χ4n) is 2.36. The van der Waals surface area contributed by atoms with E-state index in [1.807, 2.05) is 43.5 Å². The second kappa shape index (κ2) is 6.52. The van der Waals surface area contributed by atoms with Gasteiger partial charge in [0, 0.05) is 18.5 Å². The van der Waals surface area contributed by atoms with Crippen molar-refractivity contribution in [1.82, 2.24) is 9.38 Å². The molecule has 3 aromatic rings. The molecule has 0 unspecified atom stereocenters. The van der Waals surface area contributed by atoms with E-state index in [4.69, 9.17) is 9.47 Å². The summed E-state index contributed by atoms with van der Waals surface area (Å²) >= 11 is 0.